The third-order valence-corrected chi connectivity index (χ3v) is 5.03. The van der Waals surface area contributed by atoms with Gasteiger partial charge in [0.15, 0.2) is 5.96 Å². The standard InChI is InChI=1S/C18H37N5O/c1-4-19-18(23-12-7-17(15-23)16-24-3)20-8-5-10-22-11-6-9-21(2)13-14-22/h17H,4-16H2,1-3H3,(H,19,20). The number of likely N-dealkylation sites (N-methyl/N-ethyl adjacent to an activating group) is 1. The fourth-order valence-corrected chi connectivity index (χ4v) is 3.63. The average molecular weight is 340 g/mol. The third kappa shape index (κ3) is 6.57. The number of rotatable bonds is 7. The molecule has 6 heteroatoms. The number of ether oxygens (including phenoxy) is 1. The first kappa shape index (κ1) is 19.5. The van der Waals surface area contributed by atoms with Gasteiger partial charge in [0.25, 0.3) is 0 Å². The molecule has 24 heavy (non-hydrogen) atoms. The van der Waals surface area contributed by atoms with E-state index in [4.69, 9.17) is 9.73 Å². The lowest BCUT2D eigenvalue weighted by Gasteiger charge is -2.22. The maximum absolute atomic E-state index is 5.30. The quantitative estimate of drug-likeness (QED) is 0.425. The molecule has 0 saturated carbocycles. The van der Waals surface area contributed by atoms with Gasteiger partial charge < -0.3 is 24.8 Å². The Morgan fingerprint density at radius 3 is 2.88 bits per heavy atom. The number of likely N-dealkylation sites (tertiary alicyclic amines) is 1. The fourth-order valence-electron chi connectivity index (χ4n) is 3.63. The van der Waals surface area contributed by atoms with Crippen molar-refractivity contribution in [1.82, 2.24) is 20.0 Å². The van der Waals surface area contributed by atoms with Crippen LogP contribution in [-0.4, -0.2) is 100 Å². The zero-order valence-corrected chi connectivity index (χ0v) is 16.0. The van der Waals surface area contributed by atoms with Crippen LogP contribution in [0.3, 0.4) is 0 Å². The summed E-state index contributed by atoms with van der Waals surface area (Å²) >= 11 is 0. The number of guanidine groups is 1. The van der Waals surface area contributed by atoms with E-state index in [0.717, 1.165) is 45.2 Å². The lowest BCUT2D eigenvalue weighted by molar-refractivity contribution is 0.157. The van der Waals surface area contributed by atoms with E-state index in [9.17, 15) is 0 Å². The SMILES string of the molecule is CCNC(=NCCCN1CCCN(C)CC1)N1CCC(COC)C1. The average Bonchev–Trinajstić information content (AvgIpc) is 2.93. The van der Waals surface area contributed by atoms with Crippen LogP contribution < -0.4 is 5.32 Å². The molecule has 0 aliphatic carbocycles. The number of nitrogens with zero attached hydrogens (tertiary/aromatic N) is 4. The molecular weight excluding hydrogens is 302 g/mol. The van der Waals surface area contributed by atoms with Crippen molar-refractivity contribution < 1.29 is 4.74 Å². The van der Waals surface area contributed by atoms with Crippen molar-refractivity contribution in [2.75, 3.05) is 79.7 Å². The third-order valence-electron chi connectivity index (χ3n) is 5.03. The zero-order valence-electron chi connectivity index (χ0n) is 16.0. The van der Waals surface area contributed by atoms with Crippen LogP contribution >= 0.6 is 0 Å². The molecule has 2 aliphatic rings. The van der Waals surface area contributed by atoms with Crippen molar-refractivity contribution in [3.05, 3.63) is 0 Å². The van der Waals surface area contributed by atoms with Gasteiger partial charge in [-0.1, -0.05) is 0 Å². The van der Waals surface area contributed by atoms with Gasteiger partial charge >= 0.3 is 0 Å². The van der Waals surface area contributed by atoms with Crippen LogP contribution in [0.5, 0.6) is 0 Å². The summed E-state index contributed by atoms with van der Waals surface area (Å²) in [5, 5.41) is 3.46. The smallest absolute Gasteiger partial charge is 0.193 e. The first-order chi connectivity index (χ1) is 11.7. The highest BCUT2D eigenvalue weighted by molar-refractivity contribution is 5.80. The minimum Gasteiger partial charge on any atom is -0.384 e. The molecule has 0 aromatic rings. The van der Waals surface area contributed by atoms with E-state index in [-0.39, 0.29) is 0 Å². The lowest BCUT2D eigenvalue weighted by atomic mass is 10.1. The molecule has 0 radical (unpaired) electrons. The Morgan fingerprint density at radius 2 is 2.08 bits per heavy atom. The molecule has 1 unspecified atom stereocenters. The van der Waals surface area contributed by atoms with Gasteiger partial charge in [-0.15, -0.1) is 0 Å². The van der Waals surface area contributed by atoms with Crippen LogP contribution in [0.1, 0.15) is 26.2 Å². The van der Waals surface area contributed by atoms with E-state index in [0.29, 0.717) is 5.92 Å². The molecule has 0 amide bonds. The summed E-state index contributed by atoms with van der Waals surface area (Å²) in [6, 6.07) is 0. The van der Waals surface area contributed by atoms with E-state index >= 15 is 0 Å². The van der Waals surface area contributed by atoms with Crippen molar-refractivity contribution in [2.24, 2.45) is 10.9 Å². The van der Waals surface area contributed by atoms with E-state index in [1.165, 1.54) is 45.6 Å². The summed E-state index contributed by atoms with van der Waals surface area (Å²) < 4.78 is 5.30. The number of methoxy groups -OCH3 is 1. The first-order valence-electron chi connectivity index (χ1n) is 9.66. The van der Waals surface area contributed by atoms with Gasteiger partial charge in [0.2, 0.25) is 0 Å². The Balaban J connectivity index is 1.73. The molecule has 2 fully saturated rings. The number of hydrogen-bond donors (Lipinski definition) is 1. The second-order valence-corrected chi connectivity index (χ2v) is 7.14. The van der Waals surface area contributed by atoms with Crippen LogP contribution in [0.15, 0.2) is 4.99 Å². The van der Waals surface area contributed by atoms with Crippen LogP contribution in [-0.2, 0) is 4.74 Å². The Labute approximate surface area is 148 Å². The summed E-state index contributed by atoms with van der Waals surface area (Å²) in [7, 11) is 4.02. The first-order valence-corrected chi connectivity index (χ1v) is 9.66. The molecule has 2 heterocycles. The summed E-state index contributed by atoms with van der Waals surface area (Å²) in [4.78, 5) is 12.3. The largest absolute Gasteiger partial charge is 0.384 e. The molecule has 140 valence electrons. The Hall–Kier alpha value is -0.850. The molecule has 0 spiro atoms. The van der Waals surface area contributed by atoms with Gasteiger partial charge in [0.1, 0.15) is 0 Å². The van der Waals surface area contributed by atoms with Gasteiger partial charge in [-0.3, -0.25) is 4.99 Å². The summed E-state index contributed by atoms with van der Waals surface area (Å²) in [6.07, 6.45) is 3.64. The Kier molecular flexibility index (Phi) is 8.84. The second kappa shape index (κ2) is 10.9. The second-order valence-electron chi connectivity index (χ2n) is 7.14. The van der Waals surface area contributed by atoms with Crippen molar-refractivity contribution in [3.8, 4) is 0 Å². The van der Waals surface area contributed by atoms with E-state index in [1.807, 2.05) is 0 Å². The molecule has 6 nitrogen and oxygen atoms in total. The summed E-state index contributed by atoms with van der Waals surface area (Å²) in [5.41, 5.74) is 0. The van der Waals surface area contributed by atoms with E-state index in [2.05, 4.69) is 34.0 Å². The molecule has 0 bridgehead atoms. The molecule has 0 aromatic carbocycles. The fraction of sp³-hybridized carbons (Fsp3) is 0.944. The maximum Gasteiger partial charge on any atom is 0.193 e. The molecule has 2 saturated heterocycles. The minimum absolute atomic E-state index is 0.646. The van der Waals surface area contributed by atoms with Crippen LogP contribution in [0, 0.1) is 5.92 Å². The predicted octanol–water partition coefficient (Wildman–Crippen LogP) is 0.948. The highest BCUT2D eigenvalue weighted by atomic mass is 16.5. The maximum atomic E-state index is 5.30. The van der Waals surface area contributed by atoms with Crippen molar-refractivity contribution in [2.45, 2.75) is 26.2 Å². The summed E-state index contributed by atoms with van der Waals surface area (Å²) in [6.45, 7) is 13.1. The Morgan fingerprint density at radius 1 is 1.21 bits per heavy atom. The molecule has 1 atom stereocenters. The summed E-state index contributed by atoms with van der Waals surface area (Å²) in [5.74, 6) is 1.74. The topological polar surface area (TPSA) is 43.3 Å². The molecule has 2 rings (SSSR count). The van der Waals surface area contributed by atoms with E-state index < -0.39 is 0 Å². The minimum atomic E-state index is 0.646. The van der Waals surface area contributed by atoms with Crippen molar-refractivity contribution in [3.63, 3.8) is 0 Å². The van der Waals surface area contributed by atoms with Crippen molar-refractivity contribution >= 4 is 5.96 Å². The highest BCUT2D eigenvalue weighted by Crippen LogP contribution is 2.16. The highest BCUT2D eigenvalue weighted by Gasteiger charge is 2.24. The van der Waals surface area contributed by atoms with Gasteiger partial charge in [0, 0.05) is 52.3 Å². The number of nitrogens with one attached hydrogen (secondary N) is 1. The van der Waals surface area contributed by atoms with Crippen molar-refractivity contribution in [1.29, 1.82) is 0 Å². The normalized spacial score (nSPS) is 24.4. The van der Waals surface area contributed by atoms with Gasteiger partial charge in [-0.2, -0.15) is 0 Å². The lowest BCUT2D eigenvalue weighted by Crippen LogP contribution is -2.40. The van der Waals surface area contributed by atoms with Gasteiger partial charge in [0.05, 0.1) is 6.61 Å². The molecule has 1 N–H and O–H groups in total. The van der Waals surface area contributed by atoms with Crippen LogP contribution in [0.4, 0.5) is 0 Å². The van der Waals surface area contributed by atoms with Crippen LogP contribution in [0.25, 0.3) is 0 Å². The van der Waals surface area contributed by atoms with Crippen LogP contribution in [0.2, 0.25) is 0 Å². The molecule has 2 aliphatic heterocycles. The monoisotopic (exact) mass is 339 g/mol. The molecule has 0 aromatic heterocycles. The Bertz CT molecular complexity index is 376. The van der Waals surface area contributed by atoms with Gasteiger partial charge in [-0.05, 0) is 52.9 Å². The zero-order chi connectivity index (χ0) is 17.2. The number of aliphatic imine (C=N–C) groups is 1. The van der Waals surface area contributed by atoms with E-state index in [1.54, 1.807) is 7.11 Å². The molecular formula is C18H37N5O. The number of hydrogen-bond acceptors (Lipinski definition) is 4. The van der Waals surface area contributed by atoms with Gasteiger partial charge in [-0.25, -0.2) is 0 Å². The predicted molar refractivity (Wildman–Crippen MR) is 101 cm³/mol.